The summed E-state index contributed by atoms with van der Waals surface area (Å²) in [5.41, 5.74) is 2.74. The number of hydrogen-bond acceptors (Lipinski definition) is 3. The number of likely N-dealkylation sites (tertiary alicyclic amines) is 1. The number of para-hydroxylation sites is 1. The van der Waals surface area contributed by atoms with Crippen molar-refractivity contribution in [2.75, 3.05) is 47.3 Å². The topological polar surface area (TPSA) is 31.7 Å². The molecule has 1 unspecified atom stereocenters. The number of piperidine rings is 1. The van der Waals surface area contributed by atoms with Crippen LogP contribution in [0.15, 0.2) is 54.8 Å². The lowest BCUT2D eigenvalue weighted by Gasteiger charge is -2.50. The van der Waals surface area contributed by atoms with Gasteiger partial charge in [-0.25, -0.2) is 0 Å². The van der Waals surface area contributed by atoms with Crippen LogP contribution in [0.4, 0.5) is 0 Å². The summed E-state index contributed by atoms with van der Waals surface area (Å²) in [5.74, 6) is 0.833. The van der Waals surface area contributed by atoms with E-state index in [0.717, 1.165) is 39.0 Å². The first-order valence-corrected chi connectivity index (χ1v) is 12.4. The minimum absolute atomic E-state index is 0.238. The number of rotatable bonds is 8. The summed E-state index contributed by atoms with van der Waals surface area (Å²) in [6.45, 7) is 3.96. The average molecular weight is 449 g/mol. The molecule has 33 heavy (non-hydrogen) atoms. The van der Waals surface area contributed by atoms with Crippen LogP contribution in [-0.2, 0) is 18.3 Å². The van der Waals surface area contributed by atoms with E-state index in [1.165, 1.54) is 29.3 Å². The Bertz CT molecular complexity index is 1010. The fraction of sp³-hybridized carbons (Fsp3) is 0.536. The van der Waals surface area contributed by atoms with E-state index >= 15 is 0 Å². The van der Waals surface area contributed by atoms with Gasteiger partial charge in [0.25, 0.3) is 0 Å². The number of allylic oxidation sites excluding steroid dienone is 3. The molecule has 1 aliphatic carbocycles. The molecule has 0 spiro atoms. The molecule has 1 aromatic heterocycles. The Morgan fingerprint density at radius 3 is 2.58 bits per heavy atom. The predicted molar refractivity (Wildman–Crippen MR) is 137 cm³/mol. The van der Waals surface area contributed by atoms with Gasteiger partial charge in [0.15, 0.2) is 0 Å². The molecule has 1 amide bonds. The van der Waals surface area contributed by atoms with E-state index in [0.29, 0.717) is 12.3 Å². The van der Waals surface area contributed by atoms with Gasteiger partial charge < -0.3 is 19.3 Å². The predicted octanol–water partition coefficient (Wildman–Crippen LogP) is 4.10. The van der Waals surface area contributed by atoms with Crippen LogP contribution in [0.1, 0.15) is 31.2 Å². The van der Waals surface area contributed by atoms with Crippen molar-refractivity contribution in [2.45, 2.75) is 37.6 Å². The zero-order valence-corrected chi connectivity index (χ0v) is 20.8. The standard InChI is InChI=1S/C28H40N4O/c1-29(2)28(24-10-6-5-7-11-24)16-18-32(19-17-28)21-20-30(3)27(33)15-14-23-22-31(4)26-13-9-8-12-25(23)26/h5-10,12-13,22,24H,11,14-21H2,1-4H3. The third-order valence-electron chi connectivity index (χ3n) is 8.05. The van der Waals surface area contributed by atoms with Crippen molar-refractivity contribution >= 4 is 16.8 Å². The highest BCUT2D eigenvalue weighted by Gasteiger charge is 2.41. The number of aromatic nitrogens is 1. The van der Waals surface area contributed by atoms with Crippen molar-refractivity contribution in [1.29, 1.82) is 0 Å². The van der Waals surface area contributed by atoms with Crippen LogP contribution in [0.2, 0.25) is 0 Å². The molecule has 4 rings (SSSR count). The lowest BCUT2D eigenvalue weighted by atomic mass is 9.72. The second kappa shape index (κ2) is 10.3. The minimum atomic E-state index is 0.238. The maximum Gasteiger partial charge on any atom is 0.222 e. The summed E-state index contributed by atoms with van der Waals surface area (Å²) >= 11 is 0. The molecule has 2 aliphatic rings. The molecule has 1 saturated heterocycles. The van der Waals surface area contributed by atoms with Crippen LogP contribution in [0.5, 0.6) is 0 Å². The number of benzene rings is 1. The van der Waals surface area contributed by atoms with Crippen molar-refractivity contribution < 1.29 is 4.79 Å². The number of likely N-dealkylation sites (N-methyl/N-ethyl adjacent to an activating group) is 1. The van der Waals surface area contributed by atoms with E-state index in [4.69, 9.17) is 0 Å². The van der Waals surface area contributed by atoms with Gasteiger partial charge in [-0.05, 0) is 70.4 Å². The van der Waals surface area contributed by atoms with Crippen LogP contribution < -0.4 is 0 Å². The average Bonchev–Trinajstić information content (AvgIpc) is 3.17. The van der Waals surface area contributed by atoms with Crippen LogP contribution in [0.3, 0.4) is 0 Å². The maximum absolute atomic E-state index is 12.8. The van der Waals surface area contributed by atoms with Crippen molar-refractivity contribution in [2.24, 2.45) is 13.0 Å². The Kier molecular flexibility index (Phi) is 7.40. The molecular weight excluding hydrogens is 408 g/mol. The Hall–Kier alpha value is -2.37. The van der Waals surface area contributed by atoms with Crippen molar-refractivity contribution in [1.82, 2.24) is 19.3 Å². The lowest BCUT2D eigenvalue weighted by Crippen LogP contribution is -2.57. The van der Waals surface area contributed by atoms with Gasteiger partial charge in [0, 0.05) is 56.2 Å². The molecule has 1 aliphatic heterocycles. The summed E-state index contributed by atoms with van der Waals surface area (Å²) in [5, 5.41) is 1.26. The van der Waals surface area contributed by atoms with Gasteiger partial charge in [0.1, 0.15) is 0 Å². The van der Waals surface area contributed by atoms with E-state index in [-0.39, 0.29) is 11.4 Å². The minimum Gasteiger partial charge on any atom is -0.350 e. The molecule has 2 heterocycles. The Morgan fingerprint density at radius 1 is 1.12 bits per heavy atom. The first-order chi connectivity index (χ1) is 15.9. The number of carbonyl (C=O) groups excluding carboxylic acids is 1. The van der Waals surface area contributed by atoms with Gasteiger partial charge in [-0.1, -0.05) is 42.5 Å². The van der Waals surface area contributed by atoms with E-state index < -0.39 is 0 Å². The highest BCUT2D eigenvalue weighted by Crippen LogP contribution is 2.38. The third-order valence-corrected chi connectivity index (χ3v) is 8.05. The molecule has 0 radical (unpaired) electrons. The Balaban J connectivity index is 1.25. The highest BCUT2D eigenvalue weighted by atomic mass is 16.2. The molecular formula is C28H40N4O. The number of amides is 1. The van der Waals surface area contributed by atoms with E-state index in [1.807, 2.05) is 11.9 Å². The van der Waals surface area contributed by atoms with Crippen molar-refractivity contribution in [3.8, 4) is 0 Å². The van der Waals surface area contributed by atoms with Gasteiger partial charge in [-0.15, -0.1) is 0 Å². The molecule has 0 bridgehead atoms. The highest BCUT2D eigenvalue weighted by molar-refractivity contribution is 5.84. The fourth-order valence-electron chi connectivity index (χ4n) is 5.77. The number of carbonyl (C=O) groups is 1. The van der Waals surface area contributed by atoms with Gasteiger partial charge in [-0.2, -0.15) is 0 Å². The SMILES string of the molecule is CN(CCN1CCC(C2C=CC=CC2)(N(C)C)CC1)C(=O)CCc1cn(C)c2ccccc12. The molecule has 0 saturated carbocycles. The van der Waals surface area contributed by atoms with Gasteiger partial charge >= 0.3 is 0 Å². The van der Waals surface area contributed by atoms with E-state index in [9.17, 15) is 4.79 Å². The zero-order chi connectivity index (χ0) is 23.4. The zero-order valence-electron chi connectivity index (χ0n) is 20.8. The third kappa shape index (κ3) is 5.10. The normalized spacial score (nSPS) is 20.6. The smallest absolute Gasteiger partial charge is 0.222 e. The largest absolute Gasteiger partial charge is 0.350 e. The summed E-state index contributed by atoms with van der Waals surface area (Å²) in [6, 6.07) is 8.43. The fourth-order valence-corrected chi connectivity index (χ4v) is 5.77. The summed E-state index contributed by atoms with van der Waals surface area (Å²) in [6.07, 6.45) is 16.1. The van der Waals surface area contributed by atoms with Crippen LogP contribution in [0, 0.1) is 5.92 Å². The van der Waals surface area contributed by atoms with Crippen molar-refractivity contribution in [3.05, 3.63) is 60.3 Å². The monoisotopic (exact) mass is 448 g/mol. The second-order valence-corrected chi connectivity index (χ2v) is 10.1. The number of aryl methyl sites for hydroxylation is 2. The summed E-state index contributed by atoms with van der Waals surface area (Å²) in [7, 11) is 8.51. The summed E-state index contributed by atoms with van der Waals surface area (Å²) in [4.78, 5) is 19.7. The lowest BCUT2D eigenvalue weighted by molar-refractivity contribution is -0.130. The number of nitrogens with zero attached hydrogens (tertiary/aromatic N) is 4. The maximum atomic E-state index is 12.8. The second-order valence-electron chi connectivity index (χ2n) is 10.1. The molecule has 1 atom stereocenters. The molecule has 1 fully saturated rings. The molecule has 5 heteroatoms. The molecule has 2 aromatic rings. The van der Waals surface area contributed by atoms with Crippen LogP contribution in [0.25, 0.3) is 10.9 Å². The van der Waals surface area contributed by atoms with Crippen LogP contribution >= 0.6 is 0 Å². The van der Waals surface area contributed by atoms with Crippen LogP contribution in [-0.4, -0.2) is 78.0 Å². The van der Waals surface area contributed by atoms with Crippen molar-refractivity contribution in [3.63, 3.8) is 0 Å². The molecule has 0 N–H and O–H groups in total. The number of hydrogen-bond donors (Lipinski definition) is 0. The van der Waals surface area contributed by atoms with Gasteiger partial charge in [-0.3, -0.25) is 4.79 Å². The summed E-state index contributed by atoms with van der Waals surface area (Å²) < 4.78 is 2.16. The van der Waals surface area contributed by atoms with Gasteiger partial charge in [0.2, 0.25) is 5.91 Å². The van der Waals surface area contributed by atoms with Gasteiger partial charge in [0.05, 0.1) is 0 Å². The first kappa shape index (κ1) is 23.8. The Labute approximate surface area is 199 Å². The van der Waals surface area contributed by atoms with E-state index in [2.05, 4.69) is 90.3 Å². The molecule has 178 valence electrons. The van der Waals surface area contributed by atoms with E-state index in [1.54, 1.807) is 0 Å². The quantitative estimate of drug-likeness (QED) is 0.609. The Morgan fingerprint density at radius 2 is 1.88 bits per heavy atom. The molecule has 5 nitrogen and oxygen atoms in total. The molecule has 1 aromatic carbocycles. The number of fused-ring (bicyclic) bond motifs is 1. The first-order valence-electron chi connectivity index (χ1n) is 12.4.